The number of rotatable bonds is 4. The van der Waals surface area contributed by atoms with Crippen molar-refractivity contribution in [2.75, 3.05) is 0 Å². The summed E-state index contributed by atoms with van der Waals surface area (Å²) in [7, 11) is -3.78. The monoisotopic (exact) mass is 706 g/mol. The molecule has 7 rings (SSSR count). The van der Waals surface area contributed by atoms with Crippen molar-refractivity contribution in [1.29, 1.82) is 0 Å². The van der Waals surface area contributed by atoms with Crippen LogP contribution in [0.2, 0.25) is 20.6 Å². The van der Waals surface area contributed by atoms with E-state index in [1.807, 2.05) is 42.6 Å². The maximum Gasteiger partial charge on any atom is 1.00 e. The van der Waals surface area contributed by atoms with E-state index in [0.717, 1.165) is 16.5 Å². The van der Waals surface area contributed by atoms with Crippen LogP contribution >= 0.6 is 46.4 Å². The summed E-state index contributed by atoms with van der Waals surface area (Å²) < 4.78 is 27.5. The molecule has 0 fully saturated rings. The smallest absolute Gasteiger partial charge is 0.870 e. The molecule has 0 aliphatic carbocycles. The number of nitrogens with one attached hydrogen (secondary N) is 1. The molecule has 4 aromatic heterocycles. The molecule has 0 saturated carbocycles. The molecule has 4 heterocycles. The van der Waals surface area contributed by atoms with E-state index >= 15 is 0 Å². The number of para-hydroxylation sites is 2. The Morgan fingerprint density at radius 2 is 1.20 bits per heavy atom. The number of benzene rings is 3. The normalized spacial score (nSPS) is 10.9. The van der Waals surface area contributed by atoms with Gasteiger partial charge in [0.1, 0.15) is 0 Å². The third-order valence-corrected chi connectivity index (χ3v) is 9.11. The third kappa shape index (κ3) is 7.05. The Morgan fingerprint density at radius 1 is 0.667 bits per heavy atom. The second kappa shape index (κ2) is 14.6. The van der Waals surface area contributed by atoms with Crippen LogP contribution in [-0.4, -0.2) is 42.8 Å². The van der Waals surface area contributed by atoms with Gasteiger partial charge in [0.25, 0.3) is 10.0 Å². The number of aromatic amines is 1. The molecule has 9 nitrogen and oxygen atoms in total. The van der Waals surface area contributed by atoms with Crippen LogP contribution in [0.15, 0.2) is 109 Å². The van der Waals surface area contributed by atoms with E-state index in [0.29, 0.717) is 32.9 Å². The van der Waals surface area contributed by atoms with Gasteiger partial charge in [-0.3, -0.25) is 0 Å². The first-order chi connectivity index (χ1) is 20.7. The van der Waals surface area contributed by atoms with Gasteiger partial charge in [-0.15, -0.1) is 0 Å². The van der Waals surface area contributed by atoms with Crippen molar-refractivity contribution in [1.82, 2.24) is 28.9 Å². The van der Waals surface area contributed by atoms with E-state index in [1.165, 1.54) is 22.6 Å². The van der Waals surface area contributed by atoms with Crippen molar-refractivity contribution in [2.24, 2.45) is 0 Å². The van der Waals surface area contributed by atoms with Crippen LogP contribution in [0, 0.1) is 0 Å². The number of halogens is 4. The van der Waals surface area contributed by atoms with Crippen molar-refractivity contribution in [3.8, 4) is 22.5 Å². The van der Waals surface area contributed by atoms with E-state index in [-0.39, 0.29) is 55.5 Å². The van der Waals surface area contributed by atoms with Gasteiger partial charge in [0, 0.05) is 39.8 Å². The van der Waals surface area contributed by atoms with Gasteiger partial charge >= 0.3 is 29.6 Å². The Kier molecular flexibility index (Phi) is 11.3. The van der Waals surface area contributed by atoms with E-state index < -0.39 is 10.0 Å². The molecule has 0 aliphatic heterocycles. The average molecular weight is 708 g/mol. The van der Waals surface area contributed by atoms with Gasteiger partial charge in [0.2, 0.25) is 10.6 Å². The van der Waals surface area contributed by atoms with E-state index in [4.69, 9.17) is 46.4 Å². The molecule has 0 atom stereocenters. The molecular formula is C30H19Cl4N6NaO3S. The molecule has 3 aromatic carbocycles. The van der Waals surface area contributed by atoms with Crippen LogP contribution in [0.3, 0.4) is 0 Å². The predicted molar refractivity (Wildman–Crippen MR) is 173 cm³/mol. The fourth-order valence-corrected chi connectivity index (χ4v) is 6.62. The first-order valence-electron chi connectivity index (χ1n) is 12.6. The summed E-state index contributed by atoms with van der Waals surface area (Å²) in [4.78, 5) is 19.4. The van der Waals surface area contributed by atoms with Crippen molar-refractivity contribution in [3.63, 3.8) is 0 Å². The van der Waals surface area contributed by atoms with Gasteiger partial charge in [-0.05, 0) is 47.5 Å². The zero-order valence-corrected chi connectivity index (χ0v) is 29.1. The zero-order chi connectivity index (χ0) is 30.1. The number of hydrogen-bond donors (Lipinski definition) is 1. The van der Waals surface area contributed by atoms with Crippen molar-refractivity contribution in [2.45, 2.75) is 4.90 Å². The van der Waals surface area contributed by atoms with Crippen LogP contribution in [0.1, 0.15) is 0 Å². The maximum atomic E-state index is 13.1. The molecule has 222 valence electrons. The molecule has 0 saturated heterocycles. The molecule has 0 amide bonds. The second-order valence-corrected chi connectivity index (χ2v) is 12.4. The quantitative estimate of drug-likeness (QED) is 0.191. The summed E-state index contributed by atoms with van der Waals surface area (Å²) in [6, 6.07) is 23.3. The first kappa shape index (κ1) is 34.8. The van der Waals surface area contributed by atoms with E-state index in [1.54, 1.807) is 42.5 Å². The average Bonchev–Trinajstić information content (AvgIpc) is 3.63. The summed E-state index contributed by atoms with van der Waals surface area (Å²) >= 11 is 24.0. The number of aromatic nitrogens is 6. The summed E-state index contributed by atoms with van der Waals surface area (Å²) in [5.74, 6) is 0. The fraction of sp³-hybridized carbons (Fsp3) is 0. The van der Waals surface area contributed by atoms with Crippen LogP contribution in [0.25, 0.3) is 44.3 Å². The Balaban J connectivity index is 0.000000212. The molecule has 15 heteroatoms. The van der Waals surface area contributed by atoms with Crippen molar-refractivity contribution < 1.29 is 43.5 Å². The molecule has 0 radical (unpaired) electrons. The number of fused-ring (bicyclic) bond motifs is 2. The van der Waals surface area contributed by atoms with Gasteiger partial charge < -0.3 is 10.5 Å². The standard InChI is InChI=1S/C18H11Cl2N3O2S.C12H7Cl2N3.Na.H2O/c19-15-10-21-18(20)22-17(15)14-11-23(16-9-5-4-8-13(14)16)26(24,25)12-6-2-1-3-7-12;13-9-6-16-12(14)17-11(9)8-5-15-10-4-2-1-3-7(8)10;;/h1-11H;1-6,15H;;1H2/q;;+1;/p-1. The molecule has 45 heavy (non-hydrogen) atoms. The van der Waals surface area contributed by atoms with E-state index in [9.17, 15) is 8.42 Å². The van der Waals surface area contributed by atoms with Crippen molar-refractivity contribution >= 4 is 78.2 Å². The van der Waals surface area contributed by atoms with Crippen LogP contribution < -0.4 is 29.6 Å². The Bertz CT molecular complexity index is 2230. The van der Waals surface area contributed by atoms with Gasteiger partial charge in [-0.2, -0.15) is 0 Å². The minimum atomic E-state index is -3.78. The SMILES string of the molecule is Clc1ncc(Cl)c(-c2c[nH]c3ccccc23)n1.O=S(=O)(c1ccccc1)n1cc(-c2nc(Cl)ncc2Cl)c2ccccc21.[Na+].[OH-]. The Morgan fingerprint density at radius 3 is 1.84 bits per heavy atom. The fourth-order valence-electron chi connectivity index (χ4n) is 4.58. The van der Waals surface area contributed by atoms with E-state index in [2.05, 4.69) is 24.9 Å². The second-order valence-electron chi connectivity index (χ2n) is 9.09. The summed E-state index contributed by atoms with van der Waals surface area (Å²) in [6.45, 7) is 0. The summed E-state index contributed by atoms with van der Waals surface area (Å²) in [5, 5.41) is 2.75. The Labute approximate surface area is 299 Å². The minimum absolute atomic E-state index is 0. The zero-order valence-electron chi connectivity index (χ0n) is 23.2. The Hall–Kier alpha value is -3.03. The van der Waals surface area contributed by atoms with Crippen LogP contribution in [-0.2, 0) is 10.0 Å². The molecule has 0 unspecified atom stereocenters. The molecule has 0 bridgehead atoms. The molecular weight excluding hydrogens is 689 g/mol. The maximum absolute atomic E-state index is 13.1. The molecule has 2 N–H and O–H groups in total. The first-order valence-corrected chi connectivity index (χ1v) is 15.5. The largest absolute Gasteiger partial charge is 1.00 e. The number of hydrogen-bond acceptors (Lipinski definition) is 7. The summed E-state index contributed by atoms with van der Waals surface area (Å²) in [6.07, 6.45) is 6.28. The topological polar surface area (TPSA) is 136 Å². The van der Waals surface area contributed by atoms with Crippen LogP contribution in [0.4, 0.5) is 0 Å². The van der Waals surface area contributed by atoms with Crippen LogP contribution in [0.5, 0.6) is 0 Å². The molecule has 0 spiro atoms. The van der Waals surface area contributed by atoms with Gasteiger partial charge in [0.05, 0.1) is 44.2 Å². The molecule has 0 aliphatic rings. The molecule has 7 aromatic rings. The van der Waals surface area contributed by atoms with Gasteiger partial charge in [0.15, 0.2) is 0 Å². The third-order valence-electron chi connectivity index (χ3n) is 6.51. The van der Waals surface area contributed by atoms with Gasteiger partial charge in [-0.25, -0.2) is 32.3 Å². The number of H-pyrrole nitrogens is 1. The minimum Gasteiger partial charge on any atom is -0.870 e. The van der Waals surface area contributed by atoms with Crippen molar-refractivity contribution in [3.05, 3.63) is 124 Å². The van der Waals surface area contributed by atoms with Gasteiger partial charge in [-0.1, -0.05) is 77.8 Å². The predicted octanol–water partition coefficient (Wildman–Crippen LogP) is 5.40. The summed E-state index contributed by atoms with van der Waals surface area (Å²) in [5.41, 5.74) is 4.07. The number of nitrogens with zero attached hydrogens (tertiary/aromatic N) is 5.